The van der Waals surface area contributed by atoms with Crippen molar-refractivity contribution in [3.05, 3.63) is 17.7 Å². The molecule has 0 spiro atoms. The summed E-state index contributed by atoms with van der Waals surface area (Å²) in [4.78, 5) is 11.3. The highest BCUT2D eigenvalue weighted by Crippen LogP contribution is 2.34. The van der Waals surface area contributed by atoms with Gasteiger partial charge in [-0.05, 0) is 13.8 Å². The second-order valence-corrected chi connectivity index (χ2v) is 4.23. The minimum atomic E-state index is -1.13. The van der Waals surface area contributed by atoms with E-state index in [1.54, 1.807) is 6.92 Å². The van der Waals surface area contributed by atoms with Gasteiger partial charge in [0.25, 0.3) is 0 Å². The number of rotatable bonds is 9. The minimum absolute atomic E-state index is 0.00652. The number of nitrogens with one attached hydrogen (secondary N) is 1. The lowest BCUT2D eigenvalue weighted by Gasteiger charge is -2.17. The third kappa shape index (κ3) is 4.80. The molecule has 0 aliphatic rings. The molecular weight excluding hydrogens is 278 g/mol. The molecule has 0 bridgehead atoms. The first kappa shape index (κ1) is 17.1. The number of aliphatic hydroxyl groups excluding tert-OH is 2. The molecule has 0 heterocycles. The highest BCUT2D eigenvalue weighted by molar-refractivity contribution is 5.95. The van der Waals surface area contributed by atoms with E-state index in [9.17, 15) is 15.0 Å². The maximum absolute atomic E-state index is 11.3. The SMILES string of the molecule is CCOc1cc(NCC(O)CO)c(C(=O)O)cc1OCC. The van der Waals surface area contributed by atoms with Crippen molar-refractivity contribution in [1.29, 1.82) is 0 Å². The molecule has 118 valence electrons. The van der Waals surface area contributed by atoms with Crippen molar-refractivity contribution in [3.8, 4) is 11.5 Å². The zero-order valence-electron chi connectivity index (χ0n) is 12.1. The largest absolute Gasteiger partial charge is 0.490 e. The maximum Gasteiger partial charge on any atom is 0.337 e. The van der Waals surface area contributed by atoms with Crippen LogP contribution in [0.15, 0.2) is 12.1 Å². The second-order valence-electron chi connectivity index (χ2n) is 4.23. The Balaban J connectivity index is 3.13. The number of aromatic carboxylic acids is 1. The van der Waals surface area contributed by atoms with Crippen LogP contribution in [0.1, 0.15) is 24.2 Å². The average molecular weight is 299 g/mol. The molecule has 0 aliphatic carbocycles. The van der Waals surface area contributed by atoms with E-state index in [1.165, 1.54) is 12.1 Å². The fourth-order valence-electron chi connectivity index (χ4n) is 1.71. The first-order chi connectivity index (χ1) is 10.0. The van der Waals surface area contributed by atoms with E-state index in [0.717, 1.165) is 0 Å². The monoisotopic (exact) mass is 299 g/mol. The molecule has 0 saturated carbocycles. The van der Waals surface area contributed by atoms with E-state index in [4.69, 9.17) is 14.6 Å². The van der Waals surface area contributed by atoms with Gasteiger partial charge in [0.1, 0.15) is 0 Å². The maximum atomic E-state index is 11.3. The van der Waals surface area contributed by atoms with Crippen molar-refractivity contribution in [2.75, 3.05) is 31.7 Å². The smallest absolute Gasteiger partial charge is 0.337 e. The number of carboxylic acid groups (broad SMARTS) is 1. The van der Waals surface area contributed by atoms with Gasteiger partial charge in [-0.1, -0.05) is 0 Å². The summed E-state index contributed by atoms with van der Waals surface area (Å²) < 4.78 is 10.8. The Hall–Kier alpha value is -1.99. The Labute approximate surface area is 123 Å². The highest BCUT2D eigenvalue weighted by atomic mass is 16.5. The lowest BCUT2D eigenvalue weighted by Crippen LogP contribution is -2.23. The van der Waals surface area contributed by atoms with Gasteiger partial charge in [-0.2, -0.15) is 0 Å². The van der Waals surface area contributed by atoms with Gasteiger partial charge >= 0.3 is 5.97 Å². The molecule has 0 aliphatic heterocycles. The average Bonchev–Trinajstić information content (AvgIpc) is 2.46. The van der Waals surface area contributed by atoms with Crippen molar-refractivity contribution in [2.24, 2.45) is 0 Å². The normalized spacial score (nSPS) is 11.8. The quantitative estimate of drug-likeness (QED) is 0.537. The number of hydrogen-bond acceptors (Lipinski definition) is 6. The van der Waals surface area contributed by atoms with E-state index in [0.29, 0.717) is 30.4 Å². The first-order valence-corrected chi connectivity index (χ1v) is 6.73. The molecule has 1 unspecified atom stereocenters. The summed E-state index contributed by atoms with van der Waals surface area (Å²) in [7, 11) is 0. The van der Waals surface area contributed by atoms with Crippen LogP contribution in [0.5, 0.6) is 11.5 Å². The molecule has 0 amide bonds. The summed E-state index contributed by atoms with van der Waals surface area (Å²) in [6, 6.07) is 2.90. The van der Waals surface area contributed by atoms with Gasteiger partial charge in [0, 0.05) is 18.7 Å². The Kier molecular flexibility index (Phi) is 6.77. The summed E-state index contributed by atoms with van der Waals surface area (Å²) in [5.74, 6) is -0.352. The van der Waals surface area contributed by atoms with Crippen LogP contribution in [-0.4, -0.2) is 53.8 Å². The number of anilines is 1. The van der Waals surface area contributed by atoms with Crippen LogP contribution in [0.4, 0.5) is 5.69 Å². The van der Waals surface area contributed by atoms with E-state index in [1.807, 2.05) is 6.92 Å². The van der Waals surface area contributed by atoms with Crippen LogP contribution >= 0.6 is 0 Å². The van der Waals surface area contributed by atoms with Gasteiger partial charge in [-0.25, -0.2) is 4.79 Å². The van der Waals surface area contributed by atoms with Crippen LogP contribution in [0.25, 0.3) is 0 Å². The van der Waals surface area contributed by atoms with Crippen LogP contribution in [0, 0.1) is 0 Å². The van der Waals surface area contributed by atoms with E-state index < -0.39 is 18.7 Å². The van der Waals surface area contributed by atoms with Crippen LogP contribution < -0.4 is 14.8 Å². The van der Waals surface area contributed by atoms with Gasteiger partial charge in [0.15, 0.2) is 11.5 Å². The Morgan fingerprint density at radius 1 is 1.24 bits per heavy atom. The predicted octanol–water partition coefficient (Wildman–Crippen LogP) is 0.947. The Morgan fingerprint density at radius 3 is 2.29 bits per heavy atom. The zero-order chi connectivity index (χ0) is 15.8. The topological polar surface area (TPSA) is 108 Å². The Bertz CT molecular complexity index is 477. The molecule has 21 heavy (non-hydrogen) atoms. The van der Waals surface area contributed by atoms with Crippen molar-refractivity contribution < 1.29 is 29.6 Å². The fourth-order valence-corrected chi connectivity index (χ4v) is 1.71. The lowest BCUT2D eigenvalue weighted by atomic mass is 10.1. The minimum Gasteiger partial charge on any atom is -0.490 e. The number of ether oxygens (including phenoxy) is 2. The highest BCUT2D eigenvalue weighted by Gasteiger charge is 2.17. The molecule has 0 aromatic heterocycles. The van der Waals surface area contributed by atoms with Crippen LogP contribution in [0.3, 0.4) is 0 Å². The molecule has 0 radical (unpaired) electrons. The summed E-state index contributed by atoms with van der Waals surface area (Å²) in [5.41, 5.74) is 0.300. The van der Waals surface area contributed by atoms with Crippen molar-refractivity contribution in [3.63, 3.8) is 0 Å². The van der Waals surface area contributed by atoms with Gasteiger partial charge in [0.05, 0.1) is 37.2 Å². The van der Waals surface area contributed by atoms with E-state index in [-0.39, 0.29) is 12.1 Å². The number of benzene rings is 1. The predicted molar refractivity (Wildman–Crippen MR) is 77.3 cm³/mol. The first-order valence-electron chi connectivity index (χ1n) is 6.73. The van der Waals surface area contributed by atoms with Crippen molar-refractivity contribution in [1.82, 2.24) is 0 Å². The van der Waals surface area contributed by atoms with Crippen LogP contribution in [0.2, 0.25) is 0 Å². The third-order valence-corrected chi connectivity index (χ3v) is 2.65. The van der Waals surface area contributed by atoms with E-state index in [2.05, 4.69) is 5.32 Å². The number of hydrogen-bond donors (Lipinski definition) is 4. The molecule has 1 rings (SSSR count). The van der Waals surface area contributed by atoms with Gasteiger partial charge < -0.3 is 30.1 Å². The zero-order valence-corrected chi connectivity index (χ0v) is 12.1. The van der Waals surface area contributed by atoms with Gasteiger partial charge in [-0.15, -0.1) is 0 Å². The van der Waals surface area contributed by atoms with Crippen molar-refractivity contribution in [2.45, 2.75) is 20.0 Å². The molecular formula is C14H21NO6. The van der Waals surface area contributed by atoms with Gasteiger partial charge in [-0.3, -0.25) is 0 Å². The molecule has 7 nitrogen and oxygen atoms in total. The third-order valence-electron chi connectivity index (χ3n) is 2.65. The summed E-state index contributed by atoms with van der Waals surface area (Å²) in [6.07, 6.45) is -0.978. The summed E-state index contributed by atoms with van der Waals surface area (Å²) >= 11 is 0. The molecule has 0 fully saturated rings. The number of carbonyl (C=O) groups is 1. The van der Waals surface area contributed by atoms with Crippen molar-refractivity contribution >= 4 is 11.7 Å². The molecule has 1 aromatic carbocycles. The molecule has 4 N–H and O–H groups in total. The molecule has 1 atom stereocenters. The van der Waals surface area contributed by atoms with Gasteiger partial charge in [0.2, 0.25) is 0 Å². The summed E-state index contributed by atoms with van der Waals surface area (Å²) in [6.45, 7) is 4.00. The summed E-state index contributed by atoms with van der Waals surface area (Å²) in [5, 5.41) is 30.2. The molecule has 1 aromatic rings. The van der Waals surface area contributed by atoms with E-state index >= 15 is 0 Å². The standard InChI is InChI=1S/C14H21NO6/c1-3-20-12-5-10(14(18)19)11(6-13(12)21-4-2)15-7-9(17)8-16/h5-6,9,15-17H,3-4,7-8H2,1-2H3,(H,18,19). The lowest BCUT2D eigenvalue weighted by molar-refractivity contribution is 0.0697. The second kappa shape index (κ2) is 8.33. The van der Waals surface area contributed by atoms with Crippen LogP contribution in [-0.2, 0) is 0 Å². The number of carboxylic acids is 1. The molecule has 0 saturated heterocycles. The number of aliphatic hydroxyl groups is 2. The Morgan fingerprint density at radius 2 is 1.81 bits per heavy atom. The fraction of sp³-hybridized carbons (Fsp3) is 0.500. The molecule has 7 heteroatoms.